The van der Waals surface area contributed by atoms with Crippen molar-refractivity contribution in [3.63, 3.8) is 0 Å². The number of aromatic nitrogens is 3. The highest BCUT2D eigenvalue weighted by molar-refractivity contribution is 6.06. The third-order valence-corrected chi connectivity index (χ3v) is 3.17. The molecule has 0 radical (unpaired) electrons. The first-order valence-corrected chi connectivity index (χ1v) is 6.35. The number of rotatable bonds is 3. The van der Waals surface area contributed by atoms with Crippen LogP contribution >= 0.6 is 0 Å². The number of nitrogens with zero attached hydrogens (tertiary/aromatic N) is 3. The van der Waals surface area contributed by atoms with Gasteiger partial charge in [-0.2, -0.15) is 5.10 Å². The van der Waals surface area contributed by atoms with E-state index in [1.165, 1.54) is 0 Å². The van der Waals surface area contributed by atoms with Crippen LogP contribution in [-0.4, -0.2) is 20.7 Å². The van der Waals surface area contributed by atoms with Gasteiger partial charge < -0.3 is 10.7 Å². The van der Waals surface area contributed by atoms with Crippen LogP contribution in [0.3, 0.4) is 0 Å². The molecule has 1 amide bonds. The van der Waals surface area contributed by atoms with Gasteiger partial charge in [0.15, 0.2) is 0 Å². The fourth-order valence-corrected chi connectivity index (χ4v) is 2.10. The molecule has 3 aromatic rings. The Labute approximate surface area is 120 Å². The van der Waals surface area contributed by atoms with E-state index in [1.54, 1.807) is 30.1 Å². The Hall–Kier alpha value is -2.93. The molecule has 1 aromatic carbocycles. The number of benzene rings is 1. The predicted octanol–water partition coefficient (Wildman–Crippen LogP) is 1.51. The van der Waals surface area contributed by atoms with E-state index in [-0.39, 0.29) is 11.6 Å². The largest absolute Gasteiger partial charge is 0.308 e. The van der Waals surface area contributed by atoms with E-state index in [9.17, 15) is 4.79 Å². The van der Waals surface area contributed by atoms with Gasteiger partial charge in [0.1, 0.15) is 17.3 Å². The van der Waals surface area contributed by atoms with Crippen molar-refractivity contribution in [3.05, 3.63) is 48.3 Å². The van der Waals surface area contributed by atoms with Gasteiger partial charge in [-0.3, -0.25) is 9.48 Å². The Morgan fingerprint density at radius 2 is 2.10 bits per heavy atom. The number of fused-ring (bicyclic) bond motifs is 1. The van der Waals surface area contributed by atoms with E-state index in [4.69, 9.17) is 5.84 Å². The second-order valence-electron chi connectivity index (χ2n) is 4.52. The van der Waals surface area contributed by atoms with Crippen LogP contribution in [0, 0.1) is 0 Å². The number of hydrogen-bond donors (Lipinski definition) is 3. The van der Waals surface area contributed by atoms with E-state index in [1.807, 2.05) is 24.3 Å². The third kappa shape index (κ3) is 2.41. The van der Waals surface area contributed by atoms with Gasteiger partial charge in [0.05, 0.1) is 6.20 Å². The van der Waals surface area contributed by atoms with E-state index >= 15 is 0 Å². The van der Waals surface area contributed by atoms with E-state index in [2.05, 4.69) is 20.8 Å². The Morgan fingerprint density at radius 3 is 2.81 bits per heavy atom. The summed E-state index contributed by atoms with van der Waals surface area (Å²) in [5.74, 6) is 6.22. The van der Waals surface area contributed by atoms with Crippen LogP contribution in [0.25, 0.3) is 10.8 Å². The molecule has 0 aliphatic rings. The van der Waals surface area contributed by atoms with Crippen LogP contribution < -0.4 is 16.6 Å². The number of nitrogens with two attached hydrogens (primary N) is 1. The maximum absolute atomic E-state index is 12.3. The van der Waals surface area contributed by atoms with Gasteiger partial charge in [-0.25, -0.2) is 10.8 Å². The molecule has 0 bridgehead atoms. The number of hydrogen-bond acceptors (Lipinski definition) is 5. The molecule has 3 rings (SSSR count). The smallest absolute Gasteiger partial charge is 0.275 e. The van der Waals surface area contributed by atoms with Gasteiger partial charge in [-0.05, 0) is 11.5 Å². The Morgan fingerprint density at radius 1 is 1.29 bits per heavy atom. The van der Waals surface area contributed by atoms with Gasteiger partial charge >= 0.3 is 0 Å². The first-order valence-electron chi connectivity index (χ1n) is 6.35. The minimum Gasteiger partial charge on any atom is -0.308 e. The number of carbonyl (C=O) groups is 1. The molecular formula is C14H14N6O. The van der Waals surface area contributed by atoms with E-state index < -0.39 is 0 Å². The highest BCUT2D eigenvalue weighted by Crippen LogP contribution is 2.22. The first-order chi connectivity index (χ1) is 10.2. The molecule has 0 saturated heterocycles. The molecule has 7 nitrogen and oxygen atoms in total. The van der Waals surface area contributed by atoms with Gasteiger partial charge in [0.2, 0.25) is 0 Å². The molecule has 0 aliphatic carbocycles. The van der Waals surface area contributed by atoms with E-state index in [0.29, 0.717) is 11.6 Å². The van der Waals surface area contributed by atoms with Crippen LogP contribution in [-0.2, 0) is 7.05 Å². The van der Waals surface area contributed by atoms with Crippen molar-refractivity contribution in [1.29, 1.82) is 0 Å². The third-order valence-electron chi connectivity index (χ3n) is 3.17. The maximum Gasteiger partial charge on any atom is 0.275 e. The van der Waals surface area contributed by atoms with Crippen molar-refractivity contribution < 1.29 is 4.79 Å². The Balaban J connectivity index is 2.00. The van der Waals surface area contributed by atoms with Gasteiger partial charge in [-0.15, -0.1) is 0 Å². The topological polar surface area (TPSA) is 97.9 Å². The van der Waals surface area contributed by atoms with Crippen molar-refractivity contribution in [3.8, 4) is 0 Å². The molecule has 0 atom stereocenters. The lowest BCUT2D eigenvalue weighted by Crippen LogP contribution is -2.18. The van der Waals surface area contributed by atoms with Gasteiger partial charge in [0.25, 0.3) is 5.91 Å². The molecule has 0 saturated carbocycles. The number of carbonyl (C=O) groups excluding carboxylic acids is 1. The molecule has 0 unspecified atom stereocenters. The van der Waals surface area contributed by atoms with Crippen molar-refractivity contribution in [1.82, 2.24) is 14.8 Å². The minimum atomic E-state index is -0.319. The summed E-state index contributed by atoms with van der Waals surface area (Å²) in [6.07, 6.45) is 1.61. The average molecular weight is 282 g/mol. The van der Waals surface area contributed by atoms with Crippen LogP contribution in [0.1, 0.15) is 10.5 Å². The number of amides is 1. The highest BCUT2D eigenvalue weighted by Gasteiger charge is 2.13. The lowest BCUT2D eigenvalue weighted by molar-refractivity contribution is 0.102. The quantitative estimate of drug-likeness (QED) is 0.499. The van der Waals surface area contributed by atoms with Crippen molar-refractivity contribution in [2.45, 2.75) is 0 Å². The SMILES string of the molecule is Cn1nccc1NC(=O)c1cc2ccccc2c(NN)n1. The molecule has 4 N–H and O–H groups in total. The second-order valence-corrected chi connectivity index (χ2v) is 4.52. The monoisotopic (exact) mass is 282 g/mol. The highest BCUT2D eigenvalue weighted by atomic mass is 16.2. The van der Waals surface area contributed by atoms with Crippen LogP contribution in [0.15, 0.2) is 42.6 Å². The lowest BCUT2D eigenvalue weighted by Gasteiger charge is -2.09. The van der Waals surface area contributed by atoms with Gasteiger partial charge in [-0.1, -0.05) is 24.3 Å². The molecule has 2 heterocycles. The predicted molar refractivity (Wildman–Crippen MR) is 80.7 cm³/mol. The van der Waals surface area contributed by atoms with Crippen molar-refractivity contribution in [2.24, 2.45) is 12.9 Å². The number of aryl methyl sites for hydroxylation is 1. The zero-order valence-corrected chi connectivity index (χ0v) is 11.4. The Kier molecular flexibility index (Phi) is 3.25. The summed E-state index contributed by atoms with van der Waals surface area (Å²) in [6.45, 7) is 0. The summed E-state index contributed by atoms with van der Waals surface area (Å²) in [7, 11) is 1.75. The minimum absolute atomic E-state index is 0.280. The second kappa shape index (κ2) is 5.22. The Bertz CT molecular complexity index is 810. The molecule has 0 fully saturated rings. The summed E-state index contributed by atoms with van der Waals surface area (Å²) in [5, 5.41) is 8.49. The average Bonchev–Trinajstić information content (AvgIpc) is 2.91. The fourth-order valence-electron chi connectivity index (χ4n) is 2.10. The molecule has 21 heavy (non-hydrogen) atoms. The first kappa shape index (κ1) is 13.1. The van der Waals surface area contributed by atoms with Crippen molar-refractivity contribution in [2.75, 3.05) is 10.7 Å². The summed E-state index contributed by atoms with van der Waals surface area (Å²) < 4.78 is 1.57. The normalized spacial score (nSPS) is 10.6. The number of pyridine rings is 1. The fraction of sp³-hybridized carbons (Fsp3) is 0.0714. The molecule has 0 aliphatic heterocycles. The van der Waals surface area contributed by atoms with Crippen LogP contribution in [0.2, 0.25) is 0 Å². The molecular weight excluding hydrogens is 268 g/mol. The van der Waals surface area contributed by atoms with Crippen molar-refractivity contribution >= 4 is 28.3 Å². The standard InChI is InChI=1S/C14H14N6O/c1-20-12(6-7-16-20)18-14(21)11-8-9-4-2-3-5-10(9)13(17-11)19-15/h2-8H,15H2,1H3,(H,17,19)(H,18,21). The summed E-state index contributed by atoms with van der Waals surface area (Å²) in [5.41, 5.74) is 2.81. The molecule has 106 valence electrons. The number of nitrogen functional groups attached to an aromatic ring is 1. The molecule has 0 spiro atoms. The maximum atomic E-state index is 12.3. The van der Waals surface area contributed by atoms with E-state index in [0.717, 1.165) is 10.8 Å². The number of hydrazine groups is 1. The lowest BCUT2D eigenvalue weighted by atomic mass is 10.1. The summed E-state index contributed by atoms with van der Waals surface area (Å²) >= 11 is 0. The zero-order valence-electron chi connectivity index (χ0n) is 11.4. The van der Waals surface area contributed by atoms with Crippen LogP contribution in [0.5, 0.6) is 0 Å². The van der Waals surface area contributed by atoms with Gasteiger partial charge in [0, 0.05) is 18.5 Å². The molecule has 7 heteroatoms. The number of nitrogens with one attached hydrogen (secondary N) is 2. The zero-order chi connectivity index (χ0) is 14.8. The summed E-state index contributed by atoms with van der Waals surface area (Å²) in [6, 6.07) is 11.0. The molecule has 2 aromatic heterocycles. The number of anilines is 2. The van der Waals surface area contributed by atoms with Crippen LogP contribution in [0.4, 0.5) is 11.6 Å². The summed E-state index contributed by atoms with van der Waals surface area (Å²) in [4.78, 5) is 16.5.